The summed E-state index contributed by atoms with van der Waals surface area (Å²) in [6.45, 7) is -0.631. The van der Waals surface area contributed by atoms with Crippen LogP contribution in [0.5, 0.6) is 0 Å². The molecule has 0 aliphatic rings. The number of benzene rings is 1. The van der Waals surface area contributed by atoms with E-state index in [0.717, 1.165) is 0 Å². The van der Waals surface area contributed by atoms with Gasteiger partial charge in [-0.3, -0.25) is 0 Å². The summed E-state index contributed by atoms with van der Waals surface area (Å²) in [4.78, 5) is 0. The van der Waals surface area contributed by atoms with Crippen LogP contribution in [0.4, 0.5) is 4.39 Å². The van der Waals surface area contributed by atoms with E-state index in [9.17, 15) is 4.39 Å². The molecule has 0 unspecified atom stereocenters. The van der Waals surface area contributed by atoms with Crippen LogP contribution in [0, 0.1) is 11.3 Å². The molecule has 11 heavy (non-hydrogen) atoms. The number of nitriles is 1. The first-order valence-corrected chi connectivity index (χ1v) is 3.41. The van der Waals surface area contributed by atoms with Gasteiger partial charge < -0.3 is 0 Å². The minimum Gasteiger partial charge on any atom is -0.246 e. The molecule has 0 atom stereocenters. The van der Waals surface area contributed by atoms with Crippen molar-refractivity contribution in [1.29, 1.82) is 5.26 Å². The van der Waals surface area contributed by atoms with Crippen LogP contribution in [-0.2, 0) is 6.67 Å². The summed E-state index contributed by atoms with van der Waals surface area (Å²) in [7, 11) is 0. The van der Waals surface area contributed by atoms with Gasteiger partial charge in [0.1, 0.15) is 12.7 Å². The zero-order valence-electron chi connectivity index (χ0n) is 5.64. The van der Waals surface area contributed by atoms with Crippen LogP contribution in [0.2, 0.25) is 5.02 Å². The lowest BCUT2D eigenvalue weighted by Gasteiger charge is -1.98. The van der Waals surface area contributed by atoms with Crippen LogP contribution in [-0.4, -0.2) is 0 Å². The van der Waals surface area contributed by atoms with Crippen molar-refractivity contribution in [3.8, 4) is 6.07 Å². The molecule has 3 heteroatoms. The maximum atomic E-state index is 12.1. The van der Waals surface area contributed by atoms with Gasteiger partial charge in [0.25, 0.3) is 0 Å². The van der Waals surface area contributed by atoms with Crippen LogP contribution in [0.1, 0.15) is 11.1 Å². The molecular weight excluding hydrogens is 165 g/mol. The average molecular weight is 170 g/mol. The molecule has 56 valence electrons. The Morgan fingerprint density at radius 1 is 1.55 bits per heavy atom. The average Bonchev–Trinajstić information content (AvgIpc) is 2.05. The molecule has 1 rings (SSSR count). The van der Waals surface area contributed by atoms with E-state index in [1.54, 1.807) is 18.2 Å². The van der Waals surface area contributed by atoms with Gasteiger partial charge >= 0.3 is 0 Å². The predicted octanol–water partition coefficient (Wildman–Crippen LogP) is 2.68. The minimum atomic E-state index is -0.631. The Hall–Kier alpha value is -1.07. The van der Waals surface area contributed by atoms with Gasteiger partial charge in [0.05, 0.1) is 10.6 Å². The van der Waals surface area contributed by atoms with Crippen molar-refractivity contribution in [2.45, 2.75) is 6.67 Å². The topological polar surface area (TPSA) is 23.8 Å². The van der Waals surface area contributed by atoms with Crippen molar-refractivity contribution in [3.63, 3.8) is 0 Å². The monoisotopic (exact) mass is 169 g/mol. The van der Waals surface area contributed by atoms with Gasteiger partial charge in [-0.1, -0.05) is 23.7 Å². The summed E-state index contributed by atoms with van der Waals surface area (Å²) < 4.78 is 12.1. The zero-order valence-corrected chi connectivity index (χ0v) is 6.40. The highest BCUT2D eigenvalue weighted by Gasteiger charge is 2.03. The summed E-state index contributed by atoms with van der Waals surface area (Å²) in [6, 6.07) is 6.60. The van der Waals surface area contributed by atoms with Gasteiger partial charge in [0.2, 0.25) is 0 Å². The molecule has 0 amide bonds. The van der Waals surface area contributed by atoms with E-state index >= 15 is 0 Å². The van der Waals surface area contributed by atoms with E-state index in [-0.39, 0.29) is 5.02 Å². The Bertz CT molecular complexity index is 303. The number of nitrogens with zero attached hydrogens (tertiary/aromatic N) is 1. The van der Waals surface area contributed by atoms with E-state index in [4.69, 9.17) is 16.9 Å². The largest absolute Gasteiger partial charge is 0.246 e. The Morgan fingerprint density at radius 2 is 2.27 bits per heavy atom. The normalized spacial score (nSPS) is 9.18. The molecule has 0 fully saturated rings. The third-order valence-electron chi connectivity index (χ3n) is 1.34. The molecule has 0 aliphatic carbocycles. The lowest BCUT2D eigenvalue weighted by molar-refractivity contribution is 0.485. The van der Waals surface area contributed by atoms with Crippen LogP contribution in [0.3, 0.4) is 0 Å². The third kappa shape index (κ3) is 1.50. The Labute approximate surface area is 69.0 Å². The molecule has 0 saturated heterocycles. The highest BCUT2D eigenvalue weighted by Crippen LogP contribution is 2.20. The molecule has 1 nitrogen and oxygen atoms in total. The fourth-order valence-electron chi connectivity index (χ4n) is 0.769. The quantitative estimate of drug-likeness (QED) is 0.634. The lowest BCUT2D eigenvalue weighted by atomic mass is 10.1. The van der Waals surface area contributed by atoms with E-state index in [1.807, 2.05) is 6.07 Å². The predicted molar refractivity (Wildman–Crippen MR) is 41.0 cm³/mol. The van der Waals surface area contributed by atoms with Crippen LogP contribution in [0.15, 0.2) is 18.2 Å². The van der Waals surface area contributed by atoms with E-state index in [2.05, 4.69) is 0 Å². The maximum absolute atomic E-state index is 12.1. The molecule has 0 N–H and O–H groups in total. The fourth-order valence-corrected chi connectivity index (χ4v) is 0.988. The summed E-state index contributed by atoms with van der Waals surface area (Å²) in [5.74, 6) is 0. The Morgan fingerprint density at radius 3 is 2.82 bits per heavy atom. The smallest absolute Gasteiger partial charge is 0.116 e. The Balaban J connectivity index is 3.23. The van der Waals surface area contributed by atoms with Gasteiger partial charge in [-0.05, 0) is 6.07 Å². The van der Waals surface area contributed by atoms with Crippen molar-refractivity contribution >= 4 is 11.6 Å². The van der Waals surface area contributed by atoms with Crippen LogP contribution < -0.4 is 0 Å². The van der Waals surface area contributed by atoms with Crippen molar-refractivity contribution < 1.29 is 4.39 Å². The molecule has 0 spiro atoms. The first-order chi connectivity index (χ1) is 5.29. The van der Waals surface area contributed by atoms with E-state index < -0.39 is 6.67 Å². The van der Waals surface area contributed by atoms with Crippen molar-refractivity contribution in [2.75, 3.05) is 0 Å². The number of hydrogen-bond donors (Lipinski definition) is 0. The van der Waals surface area contributed by atoms with E-state index in [1.165, 1.54) is 0 Å². The highest BCUT2D eigenvalue weighted by molar-refractivity contribution is 6.32. The first-order valence-electron chi connectivity index (χ1n) is 3.03. The van der Waals surface area contributed by atoms with Crippen molar-refractivity contribution in [2.24, 2.45) is 0 Å². The fraction of sp³-hybridized carbons (Fsp3) is 0.125. The van der Waals surface area contributed by atoms with Gasteiger partial charge in [0.15, 0.2) is 0 Å². The summed E-state index contributed by atoms with van der Waals surface area (Å²) >= 11 is 5.65. The molecular formula is C8H5ClFN. The van der Waals surface area contributed by atoms with Crippen molar-refractivity contribution in [1.82, 2.24) is 0 Å². The summed E-state index contributed by atoms with van der Waals surface area (Å²) in [5.41, 5.74) is 0.688. The third-order valence-corrected chi connectivity index (χ3v) is 1.79. The summed E-state index contributed by atoms with van der Waals surface area (Å²) in [5, 5.41) is 8.70. The Kier molecular flexibility index (Phi) is 2.45. The molecule has 0 aromatic heterocycles. The SMILES string of the molecule is N#Cc1cccc(CF)c1Cl. The second-order valence-corrected chi connectivity index (χ2v) is 2.40. The number of rotatable bonds is 1. The summed E-state index contributed by atoms with van der Waals surface area (Å²) in [6.07, 6.45) is 0. The zero-order chi connectivity index (χ0) is 8.27. The highest BCUT2D eigenvalue weighted by atomic mass is 35.5. The lowest BCUT2D eigenvalue weighted by Crippen LogP contribution is -1.84. The molecule has 0 heterocycles. The molecule has 1 aromatic rings. The van der Waals surface area contributed by atoms with Gasteiger partial charge in [-0.25, -0.2) is 4.39 Å². The molecule has 0 radical (unpaired) electrons. The van der Waals surface area contributed by atoms with Gasteiger partial charge in [-0.2, -0.15) is 5.26 Å². The van der Waals surface area contributed by atoms with Gasteiger partial charge in [-0.15, -0.1) is 0 Å². The van der Waals surface area contributed by atoms with E-state index in [0.29, 0.717) is 11.1 Å². The molecule has 0 aliphatic heterocycles. The first kappa shape index (κ1) is 8.03. The maximum Gasteiger partial charge on any atom is 0.116 e. The van der Waals surface area contributed by atoms with Crippen LogP contribution in [0.25, 0.3) is 0 Å². The van der Waals surface area contributed by atoms with Crippen molar-refractivity contribution in [3.05, 3.63) is 34.3 Å². The number of hydrogen-bond acceptors (Lipinski definition) is 1. The van der Waals surface area contributed by atoms with Crippen LogP contribution >= 0.6 is 11.6 Å². The van der Waals surface area contributed by atoms with Gasteiger partial charge in [0, 0.05) is 5.56 Å². The number of halogens is 2. The standard InChI is InChI=1S/C8H5ClFN/c9-8-6(4-10)2-1-3-7(8)5-11/h1-3H,4H2. The minimum absolute atomic E-state index is 0.220. The second kappa shape index (κ2) is 3.36. The molecule has 0 bridgehead atoms. The molecule has 1 aromatic carbocycles. The second-order valence-electron chi connectivity index (χ2n) is 2.02. The molecule has 0 saturated carbocycles. The number of alkyl halides is 1.